The van der Waals surface area contributed by atoms with Crippen LogP contribution in [-0.2, 0) is 17.4 Å². The molecule has 0 N–H and O–H groups in total. The van der Waals surface area contributed by atoms with Crippen LogP contribution in [0.25, 0.3) is 0 Å². The largest absolute Gasteiger partial charge is 0.367 e. The van der Waals surface area contributed by atoms with Gasteiger partial charge in [0, 0.05) is 37.5 Å². The summed E-state index contributed by atoms with van der Waals surface area (Å²) in [7, 11) is 1.87. The highest BCUT2D eigenvalue weighted by Crippen LogP contribution is 2.38. The van der Waals surface area contributed by atoms with Crippen molar-refractivity contribution in [1.82, 2.24) is 9.78 Å². The van der Waals surface area contributed by atoms with Gasteiger partial charge in [-0.2, -0.15) is 5.10 Å². The predicted molar refractivity (Wildman–Crippen MR) is 91.6 cm³/mol. The molecule has 0 aliphatic carbocycles. The van der Waals surface area contributed by atoms with Crippen LogP contribution in [0, 0.1) is 17.0 Å². The number of hydrogen-bond acceptors (Lipinski definition) is 5. The molecule has 2 aromatic rings. The van der Waals surface area contributed by atoms with Crippen LogP contribution in [0.1, 0.15) is 18.1 Å². The Balaban J connectivity index is 1.94. The summed E-state index contributed by atoms with van der Waals surface area (Å²) in [5, 5.41) is 15.6. The molecule has 1 saturated heterocycles. The van der Waals surface area contributed by atoms with Crippen LogP contribution in [0.2, 0.25) is 5.02 Å². The number of halogens is 1. The summed E-state index contributed by atoms with van der Waals surface area (Å²) in [5.74, 6) is 0. The lowest BCUT2D eigenvalue weighted by molar-refractivity contribution is -0.384. The van der Waals surface area contributed by atoms with Crippen molar-refractivity contribution >= 4 is 23.0 Å². The van der Waals surface area contributed by atoms with Crippen LogP contribution in [-0.4, -0.2) is 34.4 Å². The molecular weight excluding hydrogens is 332 g/mol. The van der Waals surface area contributed by atoms with Gasteiger partial charge in [0.2, 0.25) is 0 Å². The van der Waals surface area contributed by atoms with E-state index in [1.807, 2.05) is 27.1 Å². The summed E-state index contributed by atoms with van der Waals surface area (Å²) in [5.41, 5.74) is 2.09. The minimum atomic E-state index is -0.510. The Labute approximate surface area is 144 Å². The van der Waals surface area contributed by atoms with Crippen LogP contribution < -0.4 is 4.90 Å². The van der Waals surface area contributed by atoms with Crippen molar-refractivity contribution in [1.29, 1.82) is 0 Å². The molecule has 1 aromatic carbocycles. The number of non-ortho nitro benzene ring substituents is 1. The second-order valence-electron chi connectivity index (χ2n) is 6.25. The average Bonchev–Trinajstić information content (AvgIpc) is 2.94. The van der Waals surface area contributed by atoms with E-state index in [4.69, 9.17) is 16.3 Å². The van der Waals surface area contributed by atoms with Crippen LogP contribution >= 0.6 is 11.6 Å². The number of morpholine rings is 1. The number of aromatic nitrogens is 2. The number of nitrogens with zero attached hydrogens (tertiary/aromatic N) is 4. The monoisotopic (exact) mass is 350 g/mol. The SMILES string of the molecule is Cc1cc([N+](=O)[O-])cc(Cl)c1N1CCOC(C)(c2cnn(C)c2)C1. The lowest BCUT2D eigenvalue weighted by Gasteiger charge is -2.42. The Morgan fingerprint density at radius 3 is 2.79 bits per heavy atom. The molecule has 1 aliphatic rings. The Morgan fingerprint density at radius 2 is 2.21 bits per heavy atom. The normalized spacial score (nSPS) is 21.1. The molecule has 0 spiro atoms. The Kier molecular flexibility index (Phi) is 4.23. The Bertz CT molecular complexity index is 768. The number of benzene rings is 1. The summed E-state index contributed by atoms with van der Waals surface area (Å²) in [6, 6.07) is 2.96. The molecule has 8 heteroatoms. The van der Waals surface area contributed by atoms with Crippen molar-refractivity contribution in [2.75, 3.05) is 24.6 Å². The number of anilines is 1. The summed E-state index contributed by atoms with van der Waals surface area (Å²) in [6.45, 7) is 5.67. The van der Waals surface area contributed by atoms with Crippen LogP contribution in [0.3, 0.4) is 0 Å². The van der Waals surface area contributed by atoms with Gasteiger partial charge in [0.25, 0.3) is 5.69 Å². The second kappa shape index (κ2) is 6.07. The van der Waals surface area contributed by atoms with E-state index in [1.54, 1.807) is 16.9 Å². The third kappa shape index (κ3) is 2.97. The molecule has 0 amide bonds. The molecule has 1 aromatic heterocycles. The van der Waals surface area contributed by atoms with Crippen molar-refractivity contribution in [2.45, 2.75) is 19.4 Å². The minimum Gasteiger partial charge on any atom is -0.367 e. The number of aryl methyl sites for hydroxylation is 2. The fraction of sp³-hybridized carbons (Fsp3) is 0.438. The van der Waals surface area contributed by atoms with Gasteiger partial charge < -0.3 is 9.64 Å². The Morgan fingerprint density at radius 1 is 1.46 bits per heavy atom. The molecule has 7 nitrogen and oxygen atoms in total. The molecule has 0 saturated carbocycles. The molecule has 0 bridgehead atoms. The standard InChI is InChI=1S/C16H19ClN4O3/c1-11-6-13(21(22)23)7-14(17)15(11)20-4-5-24-16(2,10-20)12-8-18-19(3)9-12/h6-9H,4-5,10H2,1-3H3. The van der Waals surface area contributed by atoms with Gasteiger partial charge in [0.05, 0.1) is 35.0 Å². The van der Waals surface area contributed by atoms with Gasteiger partial charge in [0.1, 0.15) is 5.60 Å². The molecule has 1 fully saturated rings. The third-order valence-corrected chi connectivity index (χ3v) is 4.64. The topological polar surface area (TPSA) is 73.4 Å². The van der Waals surface area contributed by atoms with E-state index in [0.29, 0.717) is 24.7 Å². The number of ether oxygens (including phenoxy) is 1. The van der Waals surface area contributed by atoms with Gasteiger partial charge in [-0.3, -0.25) is 14.8 Å². The zero-order valence-corrected chi connectivity index (χ0v) is 14.6. The third-order valence-electron chi connectivity index (χ3n) is 4.36. The van der Waals surface area contributed by atoms with Crippen molar-refractivity contribution < 1.29 is 9.66 Å². The molecule has 2 heterocycles. The molecule has 1 unspecified atom stereocenters. The fourth-order valence-electron chi connectivity index (χ4n) is 3.15. The first-order valence-electron chi connectivity index (χ1n) is 7.63. The van der Waals surface area contributed by atoms with Gasteiger partial charge in [-0.05, 0) is 19.4 Å². The molecule has 3 rings (SSSR count). The second-order valence-corrected chi connectivity index (χ2v) is 6.66. The first-order valence-corrected chi connectivity index (χ1v) is 8.00. The van der Waals surface area contributed by atoms with Gasteiger partial charge in [-0.15, -0.1) is 0 Å². The lowest BCUT2D eigenvalue weighted by atomic mass is 9.96. The van der Waals surface area contributed by atoms with Gasteiger partial charge in [0.15, 0.2) is 0 Å². The zero-order chi connectivity index (χ0) is 17.5. The van der Waals surface area contributed by atoms with E-state index in [-0.39, 0.29) is 5.69 Å². The highest BCUT2D eigenvalue weighted by Gasteiger charge is 2.36. The molecule has 0 radical (unpaired) electrons. The maximum Gasteiger partial charge on any atom is 0.271 e. The van der Waals surface area contributed by atoms with E-state index in [9.17, 15) is 10.1 Å². The van der Waals surface area contributed by atoms with E-state index in [0.717, 1.165) is 16.8 Å². The summed E-state index contributed by atoms with van der Waals surface area (Å²) < 4.78 is 7.75. The lowest BCUT2D eigenvalue weighted by Crippen LogP contribution is -2.48. The van der Waals surface area contributed by atoms with E-state index in [2.05, 4.69) is 10.00 Å². The molecule has 1 aliphatic heterocycles. The van der Waals surface area contributed by atoms with Gasteiger partial charge >= 0.3 is 0 Å². The molecule has 128 valence electrons. The van der Waals surface area contributed by atoms with Gasteiger partial charge in [-0.1, -0.05) is 11.6 Å². The fourth-order valence-corrected chi connectivity index (χ4v) is 3.53. The zero-order valence-electron chi connectivity index (χ0n) is 13.8. The van der Waals surface area contributed by atoms with Crippen molar-refractivity contribution in [2.24, 2.45) is 7.05 Å². The first-order chi connectivity index (χ1) is 11.3. The summed E-state index contributed by atoms with van der Waals surface area (Å²) in [4.78, 5) is 12.7. The van der Waals surface area contributed by atoms with Crippen molar-refractivity contribution in [3.05, 3.63) is 50.8 Å². The highest BCUT2D eigenvalue weighted by atomic mass is 35.5. The van der Waals surface area contributed by atoms with E-state index >= 15 is 0 Å². The number of rotatable bonds is 3. The maximum absolute atomic E-state index is 11.0. The van der Waals surface area contributed by atoms with Gasteiger partial charge in [-0.25, -0.2) is 0 Å². The first kappa shape index (κ1) is 16.7. The van der Waals surface area contributed by atoms with Crippen LogP contribution in [0.4, 0.5) is 11.4 Å². The summed E-state index contributed by atoms with van der Waals surface area (Å²) in [6.07, 6.45) is 3.74. The molecule has 1 atom stereocenters. The number of nitro groups is 1. The van der Waals surface area contributed by atoms with Crippen LogP contribution in [0.5, 0.6) is 0 Å². The average molecular weight is 351 g/mol. The number of hydrogen-bond donors (Lipinski definition) is 0. The molecular formula is C16H19ClN4O3. The quantitative estimate of drug-likeness (QED) is 0.628. The van der Waals surface area contributed by atoms with E-state index < -0.39 is 10.5 Å². The highest BCUT2D eigenvalue weighted by molar-refractivity contribution is 6.33. The van der Waals surface area contributed by atoms with Crippen molar-refractivity contribution in [3.63, 3.8) is 0 Å². The summed E-state index contributed by atoms with van der Waals surface area (Å²) >= 11 is 6.35. The number of nitro benzene ring substituents is 1. The maximum atomic E-state index is 11.0. The minimum absolute atomic E-state index is 0.00419. The Hall–Kier alpha value is -2.12. The van der Waals surface area contributed by atoms with E-state index in [1.165, 1.54) is 6.07 Å². The smallest absolute Gasteiger partial charge is 0.271 e. The van der Waals surface area contributed by atoms with Crippen LogP contribution in [0.15, 0.2) is 24.5 Å². The molecule has 24 heavy (non-hydrogen) atoms. The predicted octanol–water partition coefficient (Wildman–Crippen LogP) is 3.04. The van der Waals surface area contributed by atoms with Crippen molar-refractivity contribution in [3.8, 4) is 0 Å².